The van der Waals surface area contributed by atoms with E-state index in [0.717, 1.165) is 58.8 Å². The summed E-state index contributed by atoms with van der Waals surface area (Å²) in [6.07, 6.45) is 1.07. The highest BCUT2D eigenvalue weighted by Gasteiger charge is 2.33. The number of ether oxygens (including phenoxy) is 1. The number of carbonyl (C=O) groups excluding carboxylic acids is 1. The Morgan fingerprint density at radius 1 is 1.26 bits per heavy atom. The first-order valence-electron chi connectivity index (χ1n) is 7.43. The molecule has 0 aromatic rings. The van der Waals surface area contributed by atoms with Crippen LogP contribution in [0.25, 0.3) is 0 Å². The molecule has 5 nitrogen and oxygen atoms in total. The molecule has 110 valence electrons. The van der Waals surface area contributed by atoms with Crippen LogP contribution in [0.2, 0.25) is 0 Å². The minimum absolute atomic E-state index is 0.186. The van der Waals surface area contributed by atoms with Gasteiger partial charge in [0, 0.05) is 39.8 Å². The van der Waals surface area contributed by atoms with Crippen molar-refractivity contribution in [3.8, 4) is 0 Å². The van der Waals surface area contributed by atoms with Crippen molar-refractivity contribution >= 4 is 5.91 Å². The molecule has 0 aromatic carbocycles. The molecule has 0 bridgehead atoms. The van der Waals surface area contributed by atoms with Gasteiger partial charge in [-0.25, -0.2) is 0 Å². The second-order valence-electron chi connectivity index (χ2n) is 5.76. The molecule has 1 amide bonds. The molecule has 0 aliphatic carbocycles. The van der Waals surface area contributed by atoms with Gasteiger partial charge in [-0.05, 0) is 25.4 Å². The van der Waals surface area contributed by atoms with E-state index in [0.29, 0.717) is 11.8 Å². The van der Waals surface area contributed by atoms with E-state index >= 15 is 0 Å². The van der Waals surface area contributed by atoms with Crippen molar-refractivity contribution in [1.29, 1.82) is 0 Å². The Labute approximate surface area is 116 Å². The summed E-state index contributed by atoms with van der Waals surface area (Å²) in [6.45, 7) is 9.57. The average molecular weight is 269 g/mol. The van der Waals surface area contributed by atoms with Gasteiger partial charge in [-0.3, -0.25) is 9.69 Å². The molecule has 2 fully saturated rings. The van der Waals surface area contributed by atoms with E-state index in [1.54, 1.807) is 7.11 Å². The Morgan fingerprint density at radius 3 is 2.79 bits per heavy atom. The summed E-state index contributed by atoms with van der Waals surface area (Å²) in [5, 5.41) is 3.32. The highest BCUT2D eigenvalue weighted by molar-refractivity contribution is 5.79. The van der Waals surface area contributed by atoms with E-state index in [2.05, 4.69) is 22.0 Å². The first kappa shape index (κ1) is 14.8. The number of nitrogens with zero attached hydrogens (tertiary/aromatic N) is 2. The first-order chi connectivity index (χ1) is 9.22. The largest absolute Gasteiger partial charge is 0.383 e. The van der Waals surface area contributed by atoms with E-state index in [1.165, 1.54) is 0 Å². The van der Waals surface area contributed by atoms with Crippen LogP contribution in [0.5, 0.6) is 0 Å². The first-order valence-corrected chi connectivity index (χ1v) is 7.43. The molecule has 2 aliphatic rings. The minimum atomic E-state index is 0.186. The van der Waals surface area contributed by atoms with Crippen molar-refractivity contribution in [3.05, 3.63) is 0 Å². The fraction of sp³-hybridized carbons (Fsp3) is 0.929. The molecule has 0 saturated carbocycles. The topological polar surface area (TPSA) is 44.8 Å². The van der Waals surface area contributed by atoms with Crippen molar-refractivity contribution in [3.63, 3.8) is 0 Å². The zero-order valence-corrected chi connectivity index (χ0v) is 12.2. The van der Waals surface area contributed by atoms with Gasteiger partial charge in [0.15, 0.2) is 0 Å². The lowest BCUT2D eigenvalue weighted by Gasteiger charge is -2.25. The lowest BCUT2D eigenvalue weighted by molar-refractivity contribution is -0.135. The van der Waals surface area contributed by atoms with E-state index in [1.807, 2.05) is 0 Å². The fourth-order valence-electron chi connectivity index (χ4n) is 3.01. The maximum atomic E-state index is 12.5. The summed E-state index contributed by atoms with van der Waals surface area (Å²) in [6, 6.07) is 0. The highest BCUT2D eigenvalue weighted by Crippen LogP contribution is 2.19. The molecule has 1 N–H and O–H groups in total. The lowest BCUT2D eigenvalue weighted by atomic mass is 9.96. The maximum Gasteiger partial charge on any atom is 0.227 e. The number of carbonyl (C=O) groups is 1. The molecule has 2 saturated heterocycles. The van der Waals surface area contributed by atoms with Crippen LogP contribution in [-0.4, -0.2) is 75.2 Å². The number of hydrogen-bond donors (Lipinski definition) is 1. The van der Waals surface area contributed by atoms with Crippen LogP contribution in [0, 0.1) is 11.8 Å². The van der Waals surface area contributed by atoms with E-state index in [4.69, 9.17) is 4.74 Å². The van der Waals surface area contributed by atoms with Gasteiger partial charge < -0.3 is 15.0 Å². The van der Waals surface area contributed by atoms with E-state index in [9.17, 15) is 4.79 Å². The number of rotatable bonds is 4. The molecule has 0 radical (unpaired) electrons. The number of methoxy groups -OCH3 is 1. The van der Waals surface area contributed by atoms with Gasteiger partial charge >= 0.3 is 0 Å². The Morgan fingerprint density at radius 2 is 2.11 bits per heavy atom. The third-order valence-electron chi connectivity index (χ3n) is 4.35. The van der Waals surface area contributed by atoms with Crippen molar-refractivity contribution in [1.82, 2.24) is 15.1 Å². The molecule has 5 heteroatoms. The molecule has 2 aliphatic heterocycles. The molecule has 0 unspecified atom stereocenters. The van der Waals surface area contributed by atoms with Crippen molar-refractivity contribution < 1.29 is 9.53 Å². The molecular formula is C14H27N3O2. The van der Waals surface area contributed by atoms with Crippen molar-refractivity contribution in [2.24, 2.45) is 11.8 Å². The Kier molecular flexibility index (Phi) is 5.60. The van der Waals surface area contributed by atoms with Crippen LogP contribution >= 0.6 is 0 Å². The molecule has 0 aromatic heterocycles. The third-order valence-corrected chi connectivity index (χ3v) is 4.35. The van der Waals surface area contributed by atoms with Crippen LogP contribution in [0.4, 0.5) is 0 Å². The maximum absolute atomic E-state index is 12.5. The third kappa shape index (κ3) is 3.91. The average Bonchev–Trinajstić information content (AvgIpc) is 2.71. The second kappa shape index (κ2) is 7.22. The van der Waals surface area contributed by atoms with Crippen LogP contribution in [0.1, 0.15) is 13.3 Å². The standard InChI is InChI=1S/C14H27N3O2/c1-12-10-15-11-13(12)14(18)17-5-3-4-16(6-7-17)8-9-19-2/h12-13,15H,3-11H2,1-2H3/t12-,13-/m1/s1. The summed E-state index contributed by atoms with van der Waals surface area (Å²) in [7, 11) is 1.74. The molecule has 0 spiro atoms. The minimum Gasteiger partial charge on any atom is -0.383 e. The van der Waals surface area contributed by atoms with Gasteiger partial charge in [-0.1, -0.05) is 6.92 Å². The predicted octanol–water partition coefficient (Wildman–Crippen LogP) is 0.0226. The summed E-state index contributed by atoms with van der Waals surface area (Å²) in [4.78, 5) is 17.0. The predicted molar refractivity (Wildman–Crippen MR) is 75.0 cm³/mol. The molecule has 2 heterocycles. The van der Waals surface area contributed by atoms with Gasteiger partial charge in [0.2, 0.25) is 5.91 Å². The van der Waals surface area contributed by atoms with Gasteiger partial charge in [0.1, 0.15) is 0 Å². The van der Waals surface area contributed by atoms with E-state index < -0.39 is 0 Å². The quantitative estimate of drug-likeness (QED) is 0.782. The SMILES string of the molecule is COCCN1CCCN(C(=O)[C@@H]2CNC[C@H]2C)CC1. The monoisotopic (exact) mass is 269 g/mol. The Balaban J connectivity index is 1.83. The molecule has 19 heavy (non-hydrogen) atoms. The number of hydrogen-bond acceptors (Lipinski definition) is 4. The normalized spacial score (nSPS) is 29.5. The van der Waals surface area contributed by atoms with Crippen LogP contribution in [-0.2, 0) is 9.53 Å². The van der Waals surface area contributed by atoms with Gasteiger partial charge in [0.05, 0.1) is 12.5 Å². The summed E-state index contributed by atoms with van der Waals surface area (Å²) in [5.74, 6) is 1.01. The second-order valence-corrected chi connectivity index (χ2v) is 5.76. The van der Waals surface area contributed by atoms with Crippen LogP contribution < -0.4 is 5.32 Å². The summed E-state index contributed by atoms with van der Waals surface area (Å²) < 4.78 is 5.12. The van der Waals surface area contributed by atoms with Crippen molar-refractivity contribution in [2.45, 2.75) is 13.3 Å². The molecule has 2 rings (SSSR count). The van der Waals surface area contributed by atoms with Gasteiger partial charge in [-0.15, -0.1) is 0 Å². The van der Waals surface area contributed by atoms with Gasteiger partial charge in [0.25, 0.3) is 0 Å². The zero-order valence-electron chi connectivity index (χ0n) is 12.2. The Bertz CT molecular complexity index is 298. The smallest absolute Gasteiger partial charge is 0.227 e. The van der Waals surface area contributed by atoms with Gasteiger partial charge in [-0.2, -0.15) is 0 Å². The van der Waals surface area contributed by atoms with Crippen LogP contribution in [0.3, 0.4) is 0 Å². The number of nitrogens with one attached hydrogen (secondary N) is 1. The summed E-state index contributed by atoms with van der Waals surface area (Å²) in [5.41, 5.74) is 0. The molecule has 2 atom stereocenters. The zero-order chi connectivity index (χ0) is 13.7. The molecular weight excluding hydrogens is 242 g/mol. The number of amides is 1. The van der Waals surface area contributed by atoms with Crippen molar-refractivity contribution in [2.75, 3.05) is 59.5 Å². The van der Waals surface area contributed by atoms with Crippen LogP contribution in [0.15, 0.2) is 0 Å². The van der Waals surface area contributed by atoms with E-state index in [-0.39, 0.29) is 5.92 Å². The fourth-order valence-corrected chi connectivity index (χ4v) is 3.01. The Hall–Kier alpha value is -0.650. The lowest BCUT2D eigenvalue weighted by Crippen LogP contribution is -2.41. The summed E-state index contributed by atoms with van der Waals surface area (Å²) >= 11 is 0. The highest BCUT2D eigenvalue weighted by atomic mass is 16.5.